The van der Waals surface area contributed by atoms with Gasteiger partial charge in [0.15, 0.2) is 0 Å². The van der Waals surface area contributed by atoms with E-state index in [-0.39, 0.29) is 39.8 Å². The number of carbonyl (C=O) groups excluding carboxylic acids is 3. The number of nitrogen functional groups attached to an aromatic ring is 1. The molecule has 144 valence electrons. The van der Waals surface area contributed by atoms with Crippen molar-refractivity contribution in [1.29, 1.82) is 0 Å². The van der Waals surface area contributed by atoms with E-state index in [1.807, 2.05) is 0 Å². The molecule has 0 radical (unpaired) electrons. The van der Waals surface area contributed by atoms with Crippen LogP contribution in [0.2, 0.25) is 0 Å². The predicted octanol–water partition coefficient (Wildman–Crippen LogP) is 2.67. The SMILES string of the molecule is CCOC(=O)c1c(N)sc(C(=O)NC)c1COC(=O)c1ccc(C)c(F)c1. The Hall–Kier alpha value is -2.94. The minimum Gasteiger partial charge on any atom is -0.462 e. The zero-order valence-electron chi connectivity index (χ0n) is 15.1. The van der Waals surface area contributed by atoms with Crippen LogP contribution in [-0.4, -0.2) is 31.5 Å². The van der Waals surface area contributed by atoms with Gasteiger partial charge in [0.1, 0.15) is 27.9 Å². The molecule has 1 heterocycles. The van der Waals surface area contributed by atoms with E-state index in [4.69, 9.17) is 15.2 Å². The summed E-state index contributed by atoms with van der Waals surface area (Å²) >= 11 is 0.893. The van der Waals surface area contributed by atoms with Gasteiger partial charge < -0.3 is 20.5 Å². The Balaban J connectivity index is 2.32. The number of rotatable bonds is 6. The second-order valence-electron chi connectivity index (χ2n) is 5.49. The summed E-state index contributed by atoms with van der Waals surface area (Å²) in [4.78, 5) is 36.6. The number of thiophene rings is 1. The van der Waals surface area contributed by atoms with Gasteiger partial charge in [-0.05, 0) is 31.5 Å². The molecule has 0 fully saturated rings. The maximum absolute atomic E-state index is 13.6. The molecule has 0 saturated carbocycles. The number of nitrogens with two attached hydrogens (primary N) is 1. The van der Waals surface area contributed by atoms with Crippen molar-refractivity contribution in [2.45, 2.75) is 20.5 Å². The van der Waals surface area contributed by atoms with E-state index in [0.29, 0.717) is 5.56 Å². The lowest BCUT2D eigenvalue weighted by Gasteiger charge is -2.09. The Morgan fingerprint density at radius 3 is 2.52 bits per heavy atom. The lowest BCUT2D eigenvalue weighted by Crippen LogP contribution is -2.20. The van der Waals surface area contributed by atoms with Crippen molar-refractivity contribution in [2.24, 2.45) is 0 Å². The zero-order chi connectivity index (χ0) is 20.1. The molecule has 0 atom stereocenters. The Labute approximate surface area is 159 Å². The molecule has 1 aromatic heterocycles. The number of anilines is 1. The minimum absolute atomic E-state index is 0.0108. The van der Waals surface area contributed by atoms with Crippen molar-refractivity contribution < 1.29 is 28.2 Å². The predicted molar refractivity (Wildman–Crippen MR) is 98.3 cm³/mol. The van der Waals surface area contributed by atoms with Crippen molar-refractivity contribution in [3.63, 3.8) is 0 Å². The lowest BCUT2D eigenvalue weighted by atomic mass is 10.1. The number of hydrogen-bond donors (Lipinski definition) is 2. The van der Waals surface area contributed by atoms with Crippen LogP contribution < -0.4 is 11.1 Å². The highest BCUT2D eigenvalue weighted by atomic mass is 32.1. The molecule has 0 saturated heterocycles. The standard InChI is InChI=1S/C18H19FN2O5S/c1-4-25-18(24)13-11(14(16(22)21-3)27-15(13)20)8-26-17(23)10-6-5-9(2)12(19)7-10/h5-7H,4,8,20H2,1-3H3,(H,21,22). The van der Waals surface area contributed by atoms with Crippen LogP contribution in [-0.2, 0) is 16.1 Å². The minimum atomic E-state index is -0.795. The van der Waals surface area contributed by atoms with Gasteiger partial charge in [-0.2, -0.15) is 0 Å². The number of hydrogen-bond acceptors (Lipinski definition) is 7. The molecular weight excluding hydrogens is 375 g/mol. The number of aryl methyl sites for hydroxylation is 1. The fraction of sp³-hybridized carbons (Fsp3) is 0.278. The third kappa shape index (κ3) is 4.43. The van der Waals surface area contributed by atoms with E-state index in [1.165, 1.54) is 19.2 Å². The van der Waals surface area contributed by atoms with Gasteiger partial charge in [-0.25, -0.2) is 14.0 Å². The van der Waals surface area contributed by atoms with Crippen LogP contribution >= 0.6 is 11.3 Å². The summed E-state index contributed by atoms with van der Waals surface area (Å²) < 4.78 is 23.8. The van der Waals surface area contributed by atoms with Gasteiger partial charge in [-0.15, -0.1) is 11.3 Å². The molecule has 1 aromatic carbocycles. The monoisotopic (exact) mass is 394 g/mol. The number of esters is 2. The van der Waals surface area contributed by atoms with Crippen LogP contribution in [0.5, 0.6) is 0 Å². The first-order valence-corrected chi connectivity index (χ1v) is 8.85. The smallest absolute Gasteiger partial charge is 0.341 e. The molecule has 3 N–H and O–H groups in total. The quantitative estimate of drug-likeness (QED) is 0.730. The molecule has 0 bridgehead atoms. The molecule has 1 amide bonds. The summed E-state index contributed by atoms with van der Waals surface area (Å²) in [6.45, 7) is 2.93. The summed E-state index contributed by atoms with van der Waals surface area (Å²) in [5, 5.41) is 2.52. The summed E-state index contributed by atoms with van der Waals surface area (Å²) in [6.07, 6.45) is 0. The lowest BCUT2D eigenvalue weighted by molar-refractivity contribution is 0.0449. The van der Waals surface area contributed by atoms with Crippen molar-refractivity contribution in [3.05, 3.63) is 51.1 Å². The highest BCUT2D eigenvalue weighted by Crippen LogP contribution is 2.32. The number of ether oxygens (including phenoxy) is 2. The highest BCUT2D eigenvalue weighted by molar-refractivity contribution is 7.18. The first-order valence-electron chi connectivity index (χ1n) is 8.03. The Kier molecular flexibility index (Phi) is 6.51. The van der Waals surface area contributed by atoms with E-state index in [9.17, 15) is 18.8 Å². The van der Waals surface area contributed by atoms with Gasteiger partial charge >= 0.3 is 11.9 Å². The van der Waals surface area contributed by atoms with Crippen LogP contribution in [0.4, 0.5) is 9.39 Å². The first-order chi connectivity index (χ1) is 12.8. The van der Waals surface area contributed by atoms with E-state index < -0.39 is 23.7 Å². The number of benzene rings is 1. The van der Waals surface area contributed by atoms with Crippen LogP contribution in [0.15, 0.2) is 18.2 Å². The van der Waals surface area contributed by atoms with Crippen molar-refractivity contribution in [3.8, 4) is 0 Å². The third-order valence-corrected chi connectivity index (χ3v) is 4.76. The molecule has 2 aromatic rings. The zero-order valence-corrected chi connectivity index (χ0v) is 15.9. The van der Waals surface area contributed by atoms with Crippen LogP contribution in [0.1, 0.15) is 48.4 Å². The fourth-order valence-corrected chi connectivity index (χ4v) is 3.29. The topological polar surface area (TPSA) is 108 Å². The van der Waals surface area contributed by atoms with E-state index in [2.05, 4.69) is 5.32 Å². The largest absolute Gasteiger partial charge is 0.462 e. The molecule has 27 heavy (non-hydrogen) atoms. The van der Waals surface area contributed by atoms with Crippen molar-refractivity contribution in [1.82, 2.24) is 5.32 Å². The fourth-order valence-electron chi connectivity index (χ4n) is 2.29. The van der Waals surface area contributed by atoms with E-state index >= 15 is 0 Å². The van der Waals surface area contributed by atoms with Crippen molar-refractivity contribution >= 4 is 34.2 Å². The van der Waals surface area contributed by atoms with Crippen LogP contribution in [0, 0.1) is 12.7 Å². The van der Waals surface area contributed by atoms with E-state index in [1.54, 1.807) is 13.8 Å². The van der Waals surface area contributed by atoms with Gasteiger partial charge in [0.05, 0.1) is 12.2 Å². The number of amides is 1. The Bertz CT molecular complexity index is 894. The second kappa shape index (κ2) is 8.63. The Morgan fingerprint density at radius 2 is 1.93 bits per heavy atom. The molecule has 7 nitrogen and oxygen atoms in total. The van der Waals surface area contributed by atoms with Crippen LogP contribution in [0.3, 0.4) is 0 Å². The summed E-state index contributed by atoms with van der Waals surface area (Å²) in [5.74, 6) is -2.53. The average Bonchev–Trinajstić information content (AvgIpc) is 2.97. The van der Waals surface area contributed by atoms with Gasteiger partial charge in [0.2, 0.25) is 0 Å². The summed E-state index contributed by atoms with van der Waals surface area (Å²) in [5.41, 5.74) is 6.41. The van der Waals surface area contributed by atoms with Crippen molar-refractivity contribution in [2.75, 3.05) is 19.4 Å². The molecule has 0 unspecified atom stereocenters. The summed E-state index contributed by atoms with van der Waals surface area (Å²) in [7, 11) is 1.42. The van der Waals surface area contributed by atoms with Crippen LogP contribution in [0.25, 0.3) is 0 Å². The Morgan fingerprint density at radius 1 is 1.22 bits per heavy atom. The highest BCUT2D eigenvalue weighted by Gasteiger charge is 2.27. The van der Waals surface area contributed by atoms with Gasteiger partial charge in [0, 0.05) is 12.6 Å². The molecule has 0 aliphatic rings. The molecule has 2 rings (SSSR count). The van der Waals surface area contributed by atoms with Gasteiger partial charge in [-0.1, -0.05) is 6.07 Å². The molecule has 9 heteroatoms. The number of carbonyl (C=O) groups is 3. The maximum atomic E-state index is 13.6. The normalized spacial score (nSPS) is 10.4. The summed E-state index contributed by atoms with van der Waals surface area (Å²) in [6, 6.07) is 3.94. The molecule has 0 aliphatic heterocycles. The number of nitrogens with one attached hydrogen (secondary N) is 1. The van der Waals surface area contributed by atoms with Gasteiger partial charge in [-0.3, -0.25) is 4.79 Å². The second-order valence-corrected chi connectivity index (χ2v) is 6.54. The third-order valence-electron chi connectivity index (χ3n) is 3.70. The molecular formula is C18H19FN2O5S. The molecule has 0 aliphatic carbocycles. The average molecular weight is 394 g/mol. The van der Waals surface area contributed by atoms with E-state index in [0.717, 1.165) is 17.4 Å². The molecule has 0 spiro atoms. The number of halogens is 1. The first kappa shape index (κ1) is 20.4. The maximum Gasteiger partial charge on any atom is 0.341 e. The van der Waals surface area contributed by atoms with Gasteiger partial charge in [0.25, 0.3) is 5.91 Å².